The average molecular weight is 294 g/mol. The zero-order valence-corrected chi connectivity index (χ0v) is 11.3. The van der Waals surface area contributed by atoms with Crippen molar-refractivity contribution in [1.82, 2.24) is 14.6 Å². The van der Waals surface area contributed by atoms with Gasteiger partial charge in [-0.3, -0.25) is 14.5 Å². The number of hydrogen-bond acceptors (Lipinski definition) is 6. The average Bonchev–Trinajstić information content (AvgIpc) is 2.95. The van der Waals surface area contributed by atoms with E-state index in [1.807, 2.05) is 30.5 Å². The van der Waals surface area contributed by atoms with Gasteiger partial charge >= 0.3 is 0 Å². The predicted molar refractivity (Wildman–Crippen MR) is 78.1 cm³/mol. The fraction of sp³-hybridized carbons (Fsp3) is 0.0714. The van der Waals surface area contributed by atoms with Crippen LogP contribution in [0.5, 0.6) is 0 Å². The predicted octanol–water partition coefficient (Wildman–Crippen LogP) is 2.12. The first kappa shape index (κ1) is 13.5. The van der Waals surface area contributed by atoms with E-state index >= 15 is 0 Å². The largest absolute Gasteiger partial charge is 0.372 e. The van der Waals surface area contributed by atoms with E-state index in [2.05, 4.69) is 15.5 Å². The maximum Gasteiger partial charge on any atom is 0.292 e. The number of rotatable bonds is 4. The molecule has 108 valence electrons. The van der Waals surface area contributed by atoms with E-state index in [0.29, 0.717) is 17.0 Å². The second kappa shape index (κ2) is 5.49. The van der Waals surface area contributed by atoms with E-state index in [0.717, 1.165) is 0 Å². The molecule has 0 aliphatic heterocycles. The zero-order valence-electron chi connectivity index (χ0n) is 11.3. The lowest BCUT2D eigenvalue weighted by atomic mass is 10.2. The van der Waals surface area contributed by atoms with Crippen molar-refractivity contribution in [3.8, 4) is 6.07 Å². The van der Waals surface area contributed by atoms with Crippen LogP contribution < -0.4 is 5.32 Å². The molecule has 8 heteroatoms. The van der Waals surface area contributed by atoms with Gasteiger partial charge in [-0.1, -0.05) is 6.07 Å². The molecule has 8 nitrogen and oxygen atoms in total. The van der Waals surface area contributed by atoms with E-state index < -0.39 is 4.92 Å². The number of nitro groups is 1. The first-order valence-electron chi connectivity index (χ1n) is 6.40. The Morgan fingerprint density at radius 3 is 2.95 bits per heavy atom. The van der Waals surface area contributed by atoms with Crippen molar-refractivity contribution in [2.24, 2.45) is 0 Å². The molecule has 0 unspecified atom stereocenters. The molecule has 2 aromatic heterocycles. The van der Waals surface area contributed by atoms with E-state index in [9.17, 15) is 10.1 Å². The highest BCUT2D eigenvalue weighted by Gasteiger charge is 2.15. The fourth-order valence-electron chi connectivity index (χ4n) is 2.09. The van der Waals surface area contributed by atoms with Gasteiger partial charge in [-0.2, -0.15) is 5.26 Å². The SMILES string of the molecule is N#Cc1ccc([N+](=O)[O-])c(NCc2nnc3ccccn23)c1. The number of anilines is 1. The number of aromatic nitrogens is 3. The van der Waals surface area contributed by atoms with Crippen molar-refractivity contribution in [3.63, 3.8) is 0 Å². The fourth-order valence-corrected chi connectivity index (χ4v) is 2.09. The lowest BCUT2D eigenvalue weighted by Gasteiger charge is -2.06. The van der Waals surface area contributed by atoms with Crippen molar-refractivity contribution in [2.75, 3.05) is 5.32 Å². The summed E-state index contributed by atoms with van der Waals surface area (Å²) in [6, 6.07) is 11.6. The van der Waals surface area contributed by atoms with Crippen molar-refractivity contribution < 1.29 is 4.92 Å². The summed E-state index contributed by atoms with van der Waals surface area (Å²) in [6.45, 7) is 0.251. The second-order valence-electron chi connectivity index (χ2n) is 4.50. The summed E-state index contributed by atoms with van der Waals surface area (Å²) in [7, 11) is 0. The van der Waals surface area contributed by atoms with E-state index in [1.165, 1.54) is 18.2 Å². The molecular formula is C14H10N6O2. The molecule has 0 spiro atoms. The number of benzene rings is 1. The van der Waals surface area contributed by atoms with Crippen molar-refractivity contribution >= 4 is 17.0 Å². The van der Waals surface area contributed by atoms with Crippen molar-refractivity contribution in [2.45, 2.75) is 6.54 Å². The van der Waals surface area contributed by atoms with Gasteiger partial charge in [0.25, 0.3) is 5.69 Å². The number of nitro benzene ring substituents is 1. The Balaban J connectivity index is 1.90. The molecule has 0 fully saturated rings. The van der Waals surface area contributed by atoms with Crippen LogP contribution in [0.15, 0.2) is 42.6 Å². The lowest BCUT2D eigenvalue weighted by Crippen LogP contribution is -2.06. The van der Waals surface area contributed by atoms with Gasteiger partial charge in [-0.05, 0) is 24.3 Å². The summed E-state index contributed by atoms with van der Waals surface area (Å²) in [5.41, 5.74) is 1.23. The molecule has 2 heterocycles. The monoisotopic (exact) mass is 294 g/mol. The number of nitrogens with zero attached hydrogens (tertiary/aromatic N) is 5. The molecule has 0 bridgehead atoms. The van der Waals surface area contributed by atoms with Crippen molar-refractivity contribution in [3.05, 3.63) is 64.1 Å². The molecule has 0 aliphatic carbocycles. The van der Waals surface area contributed by atoms with E-state index in [4.69, 9.17) is 5.26 Å². The first-order valence-corrected chi connectivity index (χ1v) is 6.40. The van der Waals surface area contributed by atoms with Crippen molar-refractivity contribution in [1.29, 1.82) is 5.26 Å². The minimum absolute atomic E-state index is 0.0900. The number of hydrogen-bond donors (Lipinski definition) is 1. The Bertz CT molecular complexity index is 896. The minimum Gasteiger partial charge on any atom is -0.372 e. The van der Waals surface area contributed by atoms with Gasteiger partial charge < -0.3 is 5.32 Å². The third-order valence-corrected chi connectivity index (χ3v) is 3.14. The highest BCUT2D eigenvalue weighted by molar-refractivity contribution is 5.64. The van der Waals surface area contributed by atoms with Crippen LogP contribution in [-0.4, -0.2) is 19.5 Å². The Morgan fingerprint density at radius 2 is 2.18 bits per heavy atom. The van der Waals surface area contributed by atoms with Crippen LogP contribution in [0.1, 0.15) is 11.4 Å². The van der Waals surface area contributed by atoms with Gasteiger partial charge in [0.15, 0.2) is 11.5 Å². The topological polar surface area (TPSA) is 109 Å². The molecule has 3 aromatic rings. The number of pyridine rings is 1. The zero-order chi connectivity index (χ0) is 15.5. The van der Waals surface area contributed by atoms with Crippen LogP contribution in [0.2, 0.25) is 0 Å². The quantitative estimate of drug-likeness (QED) is 0.583. The number of fused-ring (bicyclic) bond motifs is 1. The molecule has 0 saturated carbocycles. The number of nitrogens with one attached hydrogen (secondary N) is 1. The molecular weight excluding hydrogens is 284 g/mol. The Hall–Kier alpha value is -3.47. The Labute approximate surface area is 124 Å². The first-order chi connectivity index (χ1) is 10.7. The molecule has 0 aliphatic rings. The van der Waals surface area contributed by atoms with Gasteiger partial charge in [0.1, 0.15) is 5.69 Å². The standard InChI is InChI=1S/C14H10N6O2/c15-8-10-4-5-12(20(21)22)11(7-10)16-9-14-18-17-13-3-1-2-6-19(13)14/h1-7,16H,9H2. The lowest BCUT2D eigenvalue weighted by molar-refractivity contribution is -0.384. The maximum absolute atomic E-state index is 11.0. The van der Waals surface area contributed by atoms with Gasteiger partial charge in [0, 0.05) is 12.3 Å². The van der Waals surface area contributed by atoms with E-state index in [-0.39, 0.29) is 17.9 Å². The van der Waals surface area contributed by atoms with Gasteiger partial charge in [0.05, 0.1) is 23.1 Å². The molecule has 0 saturated heterocycles. The van der Waals surface area contributed by atoms with Gasteiger partial charge in [0.2, 0.25) is 0 Å². The second-order valence-corrected chi connectivity index (χ2v) is 4.50. The Morgan fingerprint density at radius 1 is 1.32 bits per heavy atom. The van der Waals surface area contributed by atoms with E-state index in [1.54, 1.807) is 4.40 Å². The van der Waals surface area contributed by atoms with Gasteiger partial charge in [-0.15, -0.1) is 10.2 Å². The highest BCUT2D eigenvalue weighted by Crippen LogP contribution is 2.25. The summed E-state index contributed by atoms with van der Waals surface area (Å²) in [4.78, 5) is 10.5. The minimum atomic E-state index is -0.495. The third kappa shape index (κ3) is 2.43. The van der Waals surface area contributed by atoms with Crippen LogP contribution in [-0.2, 0) is 6.54 Å². The summed E-state index contributed by atoms with van der Waals surface area (Å²) in [6.07, 6.45) is 1.81. The molecule has 0 amide bonds. The van der Waals surface area contributed by atoms with Gasteiger partial charge in [-0.25, -0.2) is 0 Å². The normalized spacial score (nSPS) is 10.3. The van der Waals surface area contributed by atoms with Crippen LogP contribution in [0.3, 0.4) is 0 Å². The maximum atomic E-state index is 11.0. The molecule has 22 heavy (non-hydrogen) atoms. The summed E-state index contributed by atoms with van der Waals surface area (Å²) >= 11 is 0. The number of nitriles is 1. The van der Waals surface area contributed by atoms with Crippen LogP contribution in [0.25, 0.3) is 5.65 Å². The highest BCUT2D eigenvalue weighted by atomic mass is 16.6. The van der Waals surface area contributed by atoms with Crippen LogP contribution >= 0.6 is 0 Å². The molecule has 1 N–H and O–H groups in total. The molecule has 3 rings (SSSR count). The summed E-state index contributed by atoms with van der Waals surface area (Å²) < 4.78 is 1.78. The summed E-state index contributed by atoms with van der Waals surface area (Å²) in [5.74, 6) is 0.618. The third-order valence-electron chi connectivity index (χ3n) is 3.14. The smallest absolute Gasteiger partial charge is 0.292 e. The van der Waals surface area contributed by atoms with Crippen LogP contribution in [0, 0.1) is 21.4 Å². The molecule has 0 radical (unpaired) electrons. The Kier molecular flexibility index (Phi) is 3.37. The summed E-state index contributed by atoms with van der Waals surface area (Å²) in [5, 5.41) is 31.0. The molecule has 1 aromatic carbocycles. The molecule has 0 atom stereocenters. The van der Waals surface area contributed by atoms with Crippen LogP contribution in [0.4, 0.5) is 11.4 Å².